The van der Waals surface area contributed by atoms with E-state index in [0.29, 0.717) is 20.4 Å². The van der Waals surface area contributed by atoms with E-state index < -0.39 is 12.6 Å². The number of hydrogen-bond donors (Lipinski definition) is 1. The Morgan fingerprint density at radius 1 is 1.36 bits per heavy atom. The highest BCUT2D eigenvalue weighted by atomic mass is 32.1. The van der Waals surface area contributed by atoms with Crippen LogP contribution < -0.4 is 14.6 Å². The zero-order chi connectivity index (χ0) is 18.6. The molecule has 1 N–H and O–H groups in total. The molecular weight excluding hydrogens is 368 g/mol. The third kappa shape index (κ3) is 5.20. The van der Waals surface area contributed by atoms with E-state index in [2.05, 4.69) is 9.72 Å². The van der Waals surface area contributed by atoms with Crippen molar-refractivity contribution in [1.29, 1.82) is 0 Å². The van der Waals surface area contributed by atoms with Crippen molar-refractivity contribution < 1.29 is 23.0 Å². The number of ether oxygens (including phenoxy) is 2. The molecular formula is C17H17F2NO3S2. The number of esters is 1. The van der Waals surface area contributed by atoms with Gasteiger partial charge in [0, 0.05) is 6.08 Å². The monoisotopic (exact) mass is 385 g/mol. The molecule has 0 fully saturated rings. The van der Waals surface area contributed by atoms with Crippen LogP contribution in [0.5, 0.6) is 5.75 Å². The molecule has 0 spiro atoms. The number of aryl methyl sites for hydroxylation is 2. The molecule has 0 aliphatic rings. The highest BCUT2D eigenvalue weighted by Crippen LogP contribution is 2.26. The standard InChI is InChI=1S/C17H17F2NO3S2/c1-4-22-14(21)8-12-13(25-17(24)20-12)7-11-5-9(2)15(10(3)6-11)23-16(18)19/h5-8,16H,4H2,1-3H3,(H,20,24)/b12-8-,13-7-. The lowest BCUT2D eigenvalue weighted by Crippen LogP contribution is -2.23. The molecule has 0 atom stereocenters. The highest BCUT2D eigenvalue weighted by Gasteiger charge is 2.11. The Morgan fingerprint density at radius 2 is 2.00 bits per heavy atom. The summed E-state index contributed by atoms with van der Waals surface area (Å²) in [7, 11) is 0. The lowest BCUT2D eigenvalue weighted by atomic mass is 10.1. The molecule has 2 rings (SSSR count). The van der Waals surface area contributed by atoms with Gasteiger partial charge in [-0.2, -0.15) is 8.78 Å². The number of aromatic nitrogens is 1. The fourth-order valence-corrected chi connectivity index (χ4v) is 3.52. The molecule has 0 aliphatic heterocycles. The molecule has 0 unspecified atom stereocenters. The van der Waals surface area contributed by atoms with Crippen LogP contribution in [0.25, 0.3) is 12.2 Å². The third-order valence-electron chi connectivity index (χ3n) is 3.24. The third-order valence-corrected chi connectivity index (χ3v) is 4.44. The summed E-state index contributed by atoms with van der Waals surface area (Å²) in [6, 6.07) is 3.48. The molecule has 1 aromatic heterocycles. The van der Waals surface area contributed by atoms with E-state index in [1.54, 1.807) is 32.9 Å². The number of carbonyl (C=O) groups is 1. The summed E-state index contributed by atoms with van der Waals surface area (Å²) < 4.78 is 35.7. The Hall–Kier alpha value is -2.06. The van der Waals surface area contributed by atoms with E-state index in [4.69, 9.17) is 17.0 Å². The summed E-state index contributed by atoms with van der Waals surface area (Å²) in [5.41, 5.74) is 1.99. The fourth-order valence-electron chi connectivity index (χ4n) is 2.36. The maximum absolute atomic E-state index is 12.5. The van der Waals surface area contributed by atoms with Crippen molar-refractivity contribution in [3.05, 3.63) is 42.7 Å². The fraction of sp³-hybridized carbons (Fsp3) is 0.294. The summed E-state index contributed by atoms with van der Waals surface area (Å²) in [6.45, 7) is 2.54. The van der Waals surface area contributed by atoms with Crippen LogP contribution in [0.2, 0.25) is 0 Å². The average molecular weight is 385 g/mol. The van der Waals surface area contributed by atoms with Crippen molar-refractivity contribution in [2.75, 3.05) is 6.61 Å². The van der Waals surface area contributed by atoms with Crippen molar-refractivity contribution >= 4 is 41.7 Å². The first-order chi connectivity index (χ1) is 11.8. The SMILES string of the molecule is CCOC(=O)/C=c1\[nH]c(=S)s\c1=C/c1cc(C)c(OC(F)F)c(C)c1. The number of aromatic amines is 1. The van der Waals surface area contributed by atoms with Crippen LogP contribution >= 0.6 is 23.6 Å². The van der Waals surface area contributed by atoms with E-state index in [9.17, 15) is 13.6 Å². The maximum atomic E-state index is 12.5. The normalized spacial score (nSPS) is 12.7. The summed E-state index contributed by atoms with van der Waals surface area (Å²) in [5, 5.41) is 0.552. The van der Waals surface area contributed by atoms with Crippen molar-refractivity contribution in [3.8, 4) is 5.75 Å². The minimum absolute atomic E-state index is 0.173. The molecule has 134 valence electrons. The van der Waals surface area contributed by atoms with Crippen LogP contribution in [0.15, 0.2) is 12.1 Å². The first kappa shape index (κ1) is 19.3. The van der Waals surface area contributed by atoms with Crippen molar-refractivity contribution in [1.82, 2.24) is 4.98 Å². The van der Waals surface area contributed by atoms with Gasteiger partial charge in [0.1, 0.15) is 5.75 Å². The molecule has 0 bridgehead atoms. The summed E-state index contributed by atoms with van der Waals surface area (Å²) >= 11 is 6.45. The van der Waals surface area contributed by atoms with Crippen LogP contribution in [0, 0.1) is 17.8 Å². The number of H-pyrrole nitrogens is 1. The molecule has 8 heteroatoms. The van der Waals surface area contributed by atoms with Gasteiger partial charge in [-0.3, -0.25) is 0 Å². The predicted octanol–water partition coefficient (Wildman–Crippen LogP) is 3.20. The highest BCUT2D eigenvalue weighted by molar-refractivity contribution is 7.73. The van der Waals surface area contributed by atoms with Gasteiger partial charge in [0.2, 0.25) is 0 Å². The van der Waals surface area contributed by atoms with Crippen molar-refractivity contribution in [3.63, 3.8) is 0 Å². The molecule has 1 aromatic carbocycles. The number of rotatable bonds is 5. The minimum Gasteiger partial charge on any atom is -0.463 e. The zero-order valence-electron chi connectivity index (χ0n) is 13.9. The molecule has 4 nitrogen and oxygen atoms in total. The second-order valence-electron chi connectivity index (χ2n) is 5.20. The number of alkyl halides is 2. The summed E-state index contributed by atoms with van der Waals surface area (Å²) in [6.07, 6.45) is 3.17. The van der Waals surface area contributed by atoms with Gasteiger partial charge in [-0.25, -0.2) is 4.79 Å². The van der Waals surface area contributed by atoms with Crippen molar-refractivity contribution in [2.24, 2.45) is 0 Å². The maximum Gasteiger partial charge on any atom is 0.387 e. The van der Waals surface area contributed by atoms with Gasteiger partial charge in [-0.05, 0) is 67.9 Å². The zero-order valence-corrected chi connectivity index (χ0v) is 15.5. The van der Waals surface area contributed by atoms with Crippen LogP contribution in [-0.4, -0.2) is 24.2 Å². The van der Waals surface area contributed by atoms with Crippen LogP contribution in [-0.2, 0) is 9.53 Å². The average Bonchev–Trinajstić information content (AvgIpc) is 2.82. The van der Waals surface area contributed by atoms with Gasteiger partial charge in [-0.15, -0.1) is 11.3 Å². The summed E-state index contributed by atoms with van der Waals surface area (Å²) in [4.78, 5) is 14.6. The Morgan fingerprint density at radius 3 is 2.56 bits per heavy atom. The van der Waals surface area contributed by atoms with Crippen LogP contribution in [0.4, 0.5) is 8.78 Å². The quantitative estimate of drug-likeness (QED) is 0.634. The van der Waals surface area contributed by atoms with Crippen LogP contribution in [0.3, 0.4) is 0 Å². The number of carbonyl (C=O) groups excluding carboxylic acids is 1. The van der Waals surface area contributed by atoms with Crippen molar-refractivity contribution in [2.45, 2.75) is 27.4 Å². The van der Waals surface area contributed by atoms with Crippen LogP contribution in [0.1, 0.15) is 23.6 Å². The molecule has 0 saturated carbocycles. The first-order valence-corrected chi connectivity index (χ1v) is 8.68. The molecule has 0 amide bonds. The number of nitrogens with one attached hydrogen (secondary N) is 1. The first-order valence-electron chi connectivity index (χ1n) is 7.45. The Kier molecular flexibility index (Phi) is 6.44. The molecule has 25 heavy (non-hydrogen) atoms. The Balaban J connectivity index is 2.52. The van der Waals surface area contributed by atoms with E-state index in [0.717, 1.165) is 10.1 Å². The number of thiazole rings is 1. The van der Waals surface area contributed by atoms with E-state index in [1.165, 1.54) is 17.4 Å². The number of hydrogen-bond acceptors (Lipinski definition) is 5. The number of halogens is 2. The lowest BCUT2D eigenvalue weighted by molar-refractivity contribution is -0.135. The topological polar surface area (TPSA) is 51.3 Å². The molecule has 0 aliphatic carbocycles. The molecule has 0 radical (unpaired) electrons. The molecule has 0 saturated heterocycles. The largest absolute Gasteiger partial charge is 0.463 e. The minimum atomic E-state index is -2.87. The van der Waals surface area contributed by atoms with Gasteiger partial charge in [0.15, 0.2) is 3.95 Å². The van der Waals surface area contributed by atoms with Gasteiger partial charge in [0.05, 0.1) is 16.5 Å². The second-order valence-corrected chi connectivity index (χ2v) is 6.91. The molecule has 2 aromatic rings. The van der Waals surface area contributed by atoms with E-state index >= 15 is 0 Å². The van der Waals surface area contributed by atoms with E-state index in [1.807, 2.05) is 6.08 Å². The summed E-state index contributed by atoms with van der Waals surface area (Å²) in [5.74, 6) is -0.290. The van der Waals surface area contributed by atoms with Gasteiger partial charge in [-0.1, -0.05) is 0 Å². The van der Waals surface area contributed by atoms with Gasteiger partial charge in [0.25, 0.3) is 0 Å². The van der Waals surface area contributed by atoms with Gasteiger partial charge >= 0.3 is 12.6 Å². The second kappa shape index (κ2) is 8.35. The Labute approximate surface area is 152 Å². The van der Waals surface area contributed by atoms with E-state index in [-0.39, 0.29) is 12.4 Å². The number of benzene rings is 1. The smallest absolute Gasteiger partial charge is 0.387 e. The Bertz CT molecular complexity index is 925. The lowest BCUT2D eigenvalue weighted by Gasteiger charge is -2.11. The van der Waals surface area contributed by atoms with Gasteiger partial charge < -0.3 is 14.5 Å². The predicted molar refractivity (Wildman–Crippen MR) is 96.0 cm³/mol. The molecule has 1 heterocycles.